The molecule has 16 heavy (non-hydrogen) atoms. The van der Waals surface area contributed by atoms with E-state index < -0.39 is 0 Å². The van der Waals surface area contributed by atoms with E-state index in [0.717, 1.165) is 25.9 Å². The third-order valence-corrected chi connectivity index (χ3v) is 3.39. The lowest BCUT2D eigenvalue weighted by atomic mass is 10.0. The largest absolute Gasteiger partial charge is 0.378 e. The molecule has 3 unspecified atom stereocenters. The van der Waals surface area contributed by atoms with Gasteiger partial charge in [-0.3, -0.25) is 0 Å². The van der Waals surface area contributed by atoms with Crippen LogP contribution in [0.2, 0.25) is 0 Å². The van der Waals surface area contributed by atoms with E-state index in [4.69, 9.17) is 20.9 Å². The highest BCUT2D eigenvalue weighted by Gasteiger charge is 2.31. The normalized spacial score (nSPS) is 27.2. The Balaban J connectivity index is 2.06. The van der Waals surface area contributed by atoms with Crippen LogP contribution in [0.15, 0.2) is 4.52 Å². The predicted molar refractivity (Wildman–Crippen MR) is 60.6 cm³/mol. The maximum atomic E-state index is 6.15. The number of hydrogen-bond donors (Lipinski definition) is 0. The second kappa shape index (κ2) is 5.15. The summed E-state index contributed by atoms with van der Waals surface area (Å²) in [7, 11) is 0. The number of aromatic nitrogens is 2. The van der Waals surface area contributed by atoms with Crippen LogP contribution in [0.5, 0.6) is 0 Å². The maximum Gasteiger partial charge on any atom is 0.232 e. The highest BCUT2D eigenvalue weighted by molar-refractivity contribution is 6.20. The highest BCUT2D eigenvalue weighted by atomic mass is 35.5. The van der Waals surface area contributed by atoms with Crippen molar-refractivity contribution in [2.24, 2.45) is 0 Å². The first kappa shape index (κ1) is 11.9. The van der Waals surface area contributed by atoms with Gasteiger partial charge in [-0.05, 0) is 19.8 Å². The Morgan fingerprint density at radius 1 is 1.56 bits per heavy atom. The summed E-state index contributed by atoms with van der Waals surface area (Å²) < 4.78 is 10.7. The third kappa shape index (κ3) is 2.38. The lowest BCUT2D eigenvalue weighted by Gasteiger charge is -2.07. The van der Waals surface area contributed by atoms with E-state index in [1.165, 1.54) is 0 Å². The molecule has 0 saturated carbocycles. The number of ether oxygens (including phenoxy) is 1. The smallest absolute Gasteiger partial charge is 0.232 e. The molecule has 0 bridgehead atoms. The van der Waals surface area contributed by atoms with E-state index in [1.54, 1.807) is 0 Å². The molecular formula is C11H17ClN2O2. The highest BCUT2D eigenvalue weighted by Crippen LogP contribution is 2.31. The van der Waals surface area contributed by atoms with Crippen LogP contribution in [0.1, 0.15) is 56.1 Å². The number of hydrogen-bond acceptors (Lipinski definition) is 4. The summed E-state index contributed by atoms with van der Waals surface area (Å²) in [6, 6.07) is 0. The van der Waals surface area contributed by atoms with E-state index in [-0.39, 0.29) is 17.4 Å². The molecule has 1 aromatic heterocycles. The molecule has 0 aliphatic carbocycles. The van der Waals surface area contributed by atoms with Crippen molar-refractivity contribution in [2.75, 3.05) is 6.61 Å². The summed E-state index contributed by atoms with van der Waals surface area (Å²) >= 11 is 6.15. The van der Waals surface area contributed by atoms with Gasteiger partial charge in [-0.15, -0.1) is 11.6 Å². The molecule has 0 amide bonds. The second-order valence-electron chi connectivity index (χ2n) is 4.22. The van der Waals surface area contributed by atoms with Gasteiger partial charge in [-0.2, -0.15) is 4.98 Å². The van der Waals surface area contributed by atoms with Crippen LogP contribution in [0.4, 0.5) is 0 Å². The molecule has 1 aliphatic rings. The molecule has 2 rings (SSSR count). The minimum atomic E-state index is -0.139. The summed E-state index contributed by atoms with van der Waals surface area (Å²) in [6.45, 7) is 4.89. The Morgan fingerprint density at radius 3 is 3.00 bits per heavy atom. The van der Waals surface area contributed by atoms with E-state index in [2.05, 4.69) is 17.1 Å². The molecule has 90 valence electrons. The van der Waals surface area contributed by atoms with Gasteiger partial charge in [0.05, 0.1) is 17.4 Å². The molecule has 3 atom stereocenters. The molecule has 5 heteroatoms. The number of rotatable bonds is 4. The first-order valence-corrected chi connectivity index (χ1v) is 6.25. The van der Waals surface area contributed by atoms with Gasteiger partial charge in [0, 0.05) is 6.61 Å². The maximum absolute atomic E-state index is 6.15. The van der Waals surface area contributed by atoms with Crippen LogP contribution in [0.3, 0.4) is 0 Å². The van der Waals surface area contributed by atoms with Crippen LogP contribution in [-0.4, -0.2) is 22.9 Å². The zero-order valence-corrected chi connectivity index (χ0v) is 10.4. The fraction of sp³-hybridized carbons (Fsp3) is 0.818. The lowest BCUT2D eigenvalue weighted by molar-refractivity contribution is 0.113. The number of nitrogens with zero attached hydrogens (tertiary/aromatic N) is 2. The molecule has 1 aliphatic heterocycles. The van der Waals surface area contributed by atoms with Crippen molar-refractivity contribution in [2.45, 2.75) is 50.5 Å². The Labute approximate surface area is 100 Å². The zero-order chi connectivity index (χ0) is 11.5. The molecule has 4 nitrogen and oxygen atoms in total. The van der Waals surface area contributed by atoms with E-state index >= 15 is 0 Å². The SMILES string of the molecule is CCCC(Cl)c1noc(C2CCOC2C)n1. The van der Waals surface area contributed by atoms with Gasteiger partial charge < -0.3 is 9.26 Å². The van der Waals surface area contributed by atoms with E-state index in [1.807, 2.05) is 6.92 Å². The van der Waals surface area contributed by atoms with Crippen molar-refractivity contribution in [3.8, 4) is 0 Å². The summed E-state index contributed by atoms with van der Waals surface area (Å²) in [5.41, 5.74) is 0. The van der Waals surface area contributed by atoms with Crippen LogP contribution in [0, 0.1) is 0 Å². The lowest BCUT2D eigenvalue weighted by Crippen LogP contribution is -2.09. The van der Waals surface area contributed by atoms with Crippen molar-refractivity contribution in [1.82, 2.24) is 10.1 Å². The van der Waals surface area contributed by atoms with Crippen LogP contribution in [0.25, 0.3) is 0 Å². The summed E-state index contributed by atoms with van der Waals surface area (Å²) in [5.74, 6) is 1.51. The minimum absolute atomic E-state index is 0.139. The van der Waals surface area contributed by atoms with Crippen molar-refractivity contribution in [1.29, 1.82) is 0 Å². The molecule has 1 aromatic rings. The van der Waals surface area contributed by atoms with Crippen molar-refractivity contribution >= 4 is 11.6 Å². The van der Waals surface area contributed by atoms with Crippen LogP contribution in [-0.2, 0) is 4.74 Å². The first-order chi connectivity index (χ1) is 7.72. The van der Waals surface area contributed by atoms with Gasteiger partial charge in [-0.25, -0.2) is 0 Å². The van der Waals surface area contributed by atoms with Crippen molar-refractivity contribution < 1.29 is 9.26 Å². The average Bonchev–Trinajstić information content (AvgIpc) is 2.86. The summed E-state index contributed by atoms with van der Waals surface area (Å²) in [5, 5.41) is 3.80. The van der Waals surface area contributed by atoms with E-state index in [0.29, 0.717) is 11.7 Å². The first-order valence-electron chi connectivity index (χ1n) is 5.81. The molecule has 2 heterocycles. The monoisotopic (exact) mass is 244 g/mol. The van der Waals surface area contributed by atoms with Gasteiger partial charge in [0.25, 0.3) is 0 Å². The molecule has 1 fully saturated rings. The molecule has 0 radical (unpaired) electrons. The molecule has 0 spiro atoms. The fourth-order valence-electron chi connectivity index (χ4n) is 1.96. The average molecular weight is 245 g/mol. The van der Waals surface area contributed by atoms with Crippen molar-refractivity contribution in [3.63, 3.8) is 0 Å². The standard InChI is InChI=1S/C11H17ClN2O2/c1-3-4-9(12)10-13-11(16-14-10)8-5-6-15-7(8)2/h7-9H,3-6H2,1-2H3. The topological polar surface area (TPSA) is 48.2 Å². The predicted octanol–water partition coefficient (Wildman–Crippen LogP) is 3.04. The fourth-order valence-corrected chi connectivity index (χ4v) is 2.27. The quantitative estimate of drug-likeness (QED) is 0.764. The second-order valence-corrected chi connectivity index (χ2v) is 4.74. The van der Waals surface area contributed by atoms with Gasteiger partial charge in [0.1, 0.15) is 0 Å². The zero-order valence-electron chi connectivity index (χ0n) is 9.65. The Bertz CT molecular complexity index is 342. The Hall–Kier alpha value is -0.610. The number of alkyl halides is 1. The Morgan fingerprint density at radius 2 is 2.38 bits per heavy atom. The van der Waals surface area contributed by atoms with Crippen molar-refractivity contribution in [3.05, 3.63) is 11.7 Å². The van der Waals surface area contributed by atoms with E-state index in [9.17, 15) is 0 Å². The van der Waals surface area contributed by atoms with Gasteiger partial charge in [0.2, 0.25) is 5.89 Å². The Kier molecular flexibility index (Phi) is 3.82. The summed E-state index contributed by atoms with van der Waals surface area (Å²) in [4.78, 5) is 4.37. The molecule has 0 aromatic carbocycles. The van der Waals surface area contributed by atoms with Crippen LogP contribution < -0.4 is 0 Å². The third-order valence-electron chi connectivity index (χ3n) is 2.97. The van der Waals surface area contributed by atoms with Gasteiger partial charge in [-0.1, -0.05) is 18.5 Å². The molecule has 1 saturated heterocycles. The molecule has 0 N–H and O–H groups in total. The molecular weight excluding hydrogens is 228 g/mol. The van der Waals surface area contributed by atoms with Gasteiger partial charge in [0.15, 0.2) is 5.82 Å². The van der Waals surface area contributed by atoms with Gasteiger partial charge >= 0.3 is 0 Å². The summed E-state index contributed by atoms with van der Waals surface area (Å²) in [6.07, 6.45) is 3.00. The minimum Gasteiger partial charge on any atom is -0.378 e. The number of halogens is 1. The van der Waals surface area contributed by atoms with Crippen LogP contribution >= 0.6 is 11.6 Å².